The van der Waals surface area contributed by atoms with Gasteiger partial charge in [0, 0.05) is 44.8 Å². The van der Waals surface area contributed by atoms with Crippen molar-refractivity contribution in [2.45, 2.75) is 120 Å². The van der Waals surface area contributed by atoms with E-state index >= 15 is 0 Å². The lowest BCUT2D eigenvalue weighted by Crippen LogP contribution is -2.64. The number of rotatable bonds is 10. The second-order valence-electron chi connectivity index (χ2n) is 17.8. The van der Waals surface area contributed by atoms with E-state index in [4.69, 9.17) is 4.74 Å². The Kier molecular flexibility index (Phi) is 14.2. The molecule has 0 radical (unpaired) electrons. The molecule has 1 aliphatic rings. The number of carboxylic acid groups (broad SMARTS) is 3. The van der Waals surface area contributed by atoms with Gasteiger partial charge in [0.25, 0.3) is 0 Å². The molecule has 1 heterocycles. The highest BCUT2D eigenvalue weighted by atomic mass is 16.6. The minimum atomic E-state index is -1.21. The summed E-state index contributed by atoms with van der Waals surface area (Å²) in [6.07, 6.45) is 0. The maximum Gasteiger partial charge on any atom is 0.329 e. The number of carboxylic acids is 3. The molecule has 0 aliphatic carbocycles. The van der Waals surface area contributed by atoms with E-state index in [0.29, 0.717) is 11.1 Å². The first-order valence-electron chi connectivity index (χ1n) is 17.6. The molecule has 0 saturated carbocycles. The van der Waals surface area contributed by atoms with Crippen molar-refractivity contribution in [2.24, 2.45) is 16.2 Å². The minimum Gasteiger partial charge on any atom is -0.480 e. The first-order chi connectivity index (χ1) is 23.1. The predicted octanol–water partition coefficient (Wildman–Crippen LogP) is 4.91. The Bertz CT molecular complexity index is 1400. The molecule has 4 unspecified atom stereocenters. The zero-order valence-corrected chi connectivity index (χ0v) is 32.9. The van der Waals surface area contributed by atoms with Crippen molar-refractivity contribution in [2.75, 3.05) is 39.3 Å². The highest BCUT2D eigenvalue weighted by Gasteiger charge is 2.47. The van der Waals surface area contributed by atoms with Crippen LogP contribution in [0, 0.1) is 16.2 Å². The monoisotopic (exact) mass is 718 g/mol. The molecule has 13 nitrogen and oxygen atoms in total. The average molecular weight is 719 g/mol. The van der Waals surface area contributed by atoms with Crippen molar-refractivity contribution in [3.63, 3.8) is 0 Å². The molecule has 4 atom stereocenters. The van der Waals surface area contributed by atoms with Crippen LogP contribution in [0.25, 0.3) is 0 Å². The molecule has 51 heavy (non-hydrogen) atoms. The molecule has 1 aromatic rings. The molecule has 0 spiro atoms. The van der Waals surface area contributed by atoms with E-state index < -0.39 is 69.9 Å². The first kappa shape index (κ1) is 43.8. The summed E-state index contributed by atoms with van der Waals surface area (Å²) in [6.45, 7) is 23.6. The van der Waals surface area contributed by atoms with E-state index in [9.17, 15) is 39.3 Å². The van der Waals surface area contributed by atoms with Crippen LogP contribution >= 0.6 is 0 Å². The van der Waals surface area contributed by atoms with Gasteiger partial charge in [0.1, 0.15) is 29.8 Å². The zero-order valence-electron chi connectivity index (χ0n) is 32.9. The number of Topliss-reactive ketones (excluding diaryl/α,β-unsaturated/α-hetero) is 1. The highest BCUT2D eigenvalue weighted by Crippen LogP contribution is 2.35. The van der Waals surface area contributed by atoms with Gasteiger partial charge in [-0.1, -0.05) is 86.6 Å². The summed E-state index contributed by atoms with van der Waals surface area (Å²) >= 11 is 0. The van der Waals surface area contributed by atoms with Crippen LogP contribution in [0.4, 0.5) is 0 Å². The molecule has 3 N–H and O–H groups in total. The van der Waals surface area contributed by atoms with Crippen molar-refractivity contribution in [1.29, 1.82) is 0 Å². The molecule has 0 amide bonds. The Morgan fingerprint density at radius 2 is 0.922 bits per heavy atom. The lowest BCUT2D eigenvalue weighted by atomic mass is 9.84. The van der Waals surface area contributed by atoms with E-state index in [1.807, 2.05) is 41.5 Å². The van der Waals surface area contributed by atoms with Crippen molar-refractivity contribution in [3.05, 3.63) is 35.4 Å². The largest absolute Gasteiger partial charge is 0.480 e. The van der Waals surface area contributed by atoms with Crippen molar-refractivity contribution >= 4 is 29.7 Å². The van der Waals surface area contributed by atoms with Crippen LogP contribution in [-0.2, 0) is 23.9 Å². The Balaban J connectivity index is 3.03. The lowest BCUT2D eigenvalue weighted by Gasteiger charge is -2.49. The van der Waals surface area contributed by atoms with Gasteiger partial charge in [0.15, 0.2) is 5.78 Å². The van der Waals surface area contributed by atoms with Crippen LogP contribution in [0.1, 0.15) is 112 Å². The standard InChI is InChI=1S/C38H62N4O9/c1-24(43)25-14-16-26(17-15-25)27(34(50)51-38(11,12)13)41-22-20-39(28(31(44)45)35(2,3)4)18-19-40(29(32(46)47)36(5,6)7)21-23-42(41)30(33(48)49)37(8,9)10/h14-17,27-30H,18-23H2,1-13H3,(H,44,45)(H,46,47)(H,48,49). The van der Waals surface area contributed by atoms with E-state index in [1.165, 1.54) is 6.92 Å². The van der Waals surface area contributed by atoms with Crippen LogP contribution in [0.15, 0.2) is 24.3 Å². The number of benzene rings is 1. The molecule has 13 heteroatoms. The van der Waals surface area contributed by atoms with Crippen molar-refractivity contribution < 1.29 is 44.0 Å². The summed E-state index contributed by atoms with van der Waals surface area (Å²) < 4.78 is 5.97. The fourth-order valence-electron chi connectivity index (χ4n) is 7.05. The smallest absolute Gasteiger partial charge is 0.329 e. The number of hydrazine groups is 1. The molecule has 1 saturated heterocycles. The summed E-state index contributed by atoms with van der Waals surface area (Å²) in [5.74, 6) is -4.08. The third-order valence-electron chi connectivity index (χ3n) is 8.99. The van der Waals surface area contributed by atoms with Gasteiger partial charge in [0.05, 0.1) is 0 Å². The number of ketones is 1. The number of aliphatic carboxylic acids is 3. The average Bonchev–Trinajstić information content (AvgIpc) is 2.91. The molecule has 1 aromatic carbocycles. The number of carbonyl (C=O) groups excluding carboxylic acids is 2. The number of hydrogen-bond acceptors (Lipinski definition) is 10. The number of hydrogen-bond donors (Lipinski definition) is 3. The molecule has 0 aromatic heterocycles. The summed E-state index contributed by atoms with van der Waals surface area (Å²) in [7, 11) is 0. The third kappa shape index (κ3) is 11.8. The molecule has 0 bridgehead atoms. The van der Waals surface area contributed by atoms with Gasteiger partial charge in [-0.05, 0) is 49.5 Å². The SMILES string of the molecule is CC(=O)c1ccc(C(C(=O)OC(C)(C)C)N2CCN(C(C(=O)O)C(C)(C)C)CCN(C(C(=O)O)C(C)(C)C)CCN2C(C(=O)O)C(C)(C)C)cc1. The molecular formula is C38H62N4O9. The van der Waals surface area contributed by atoms with Gasteiger partial charge in [0.2, 0.25) is 0 Å². The third-order valence-corrected chi connectivity index (χ3v) is 8.99. The predicted molar refractivity (Wildman–Crippen MR) is 194 cm³/mol. The molecule has 1 fully saturated rings. The first-order valence-corrected chi connectivity index (χ1v) is 17.6. The Morgan fingerprint density at radius 3 is 1.24 bits per heavy atom. The second-order valence-corrected chi connectivity index (χ2v) is 17.8. The zero-order chi connectivity index (χ0) is 39.4. The van der Waals surface area contributed by atoms with Gasteiger partial charge in [-0.3, -0.25) is 29.0 Å². The fourth-order valence-corrected chi connectivity index (χ4v) is 7.05. The summed E-state index contributed by atoms with van der Waals surface area (Å²) in [5.41, 5.74) is -2.42. The Labute approximate surface area is 303 Å². The summed E-state index contributed by atoms with van der Waals surface area (Å²) in [6, 6.07) is 2.10. The number of carbonyl (C=O) groups is 5. The molecule has 1 aliphatic heterocycles. The molecule has 2 rings (SSSR count). The number of esters is 1. The van der Waals surface area contributed by atoms with Gasteiger partial charge in [-0.25, -0.2) is 14.8 Å². The van der Waals surface area contributed by atoms with Gasteiger partial charge in [-0.15, -0.1) is 0 Å². The summed E-state index contributed by atoms with van der Waals surface area (Å²) in [5, 5.41) is 35.2. The number of nitrogens with zero attached hydrogens (tertiary/aromatic N) is 4. The van der Waals surface area contributed by atoms with Crippen molar-refractivity contribution in [3.8, 4) is 0 Å². The van der Waals surface area contributed by atoms with Crippen molar-refractivity contribution in [1.82, 2.24) is 19.8 Å². The van der Waals surface area contributed by atoms with Gasteiger partial charge in [-0.2, -0.15) is 0 Å². The maximum absolute atomic E-state index is 14.4. The van der Waals surface area contributed by atoms with Crippen LogP contribution in [0.2, 0.25) is 0 Å². The van der Waals surface area contributed by atoms with Crippen LogP contribution in [-0.4, -0.2) is 128 Å². The van der Waals surface area contributed by atoms with Crippen LogP contribution in [0.3, 0.4) is 0 Å². The maximum atomic E-state index is 14.4. The Morgan fingerprint density at radius 1 is 0.569 bits per heavy atom. The van der Waals surface area contributed by atoms with Gasteiger partial charge < -0.3 is 20.1 Å². The van der Waals surface area contributed by atoms with Crippen LogP contribution in [0.5, 0.6) is 0 Å². The fraction of sp³-hybridized carbons (Fsp3) is 0.711. The topological polar surface area (TPSA) is 168 Å². The highest BCUT2D eigenvalue weighted by molar-refractivity contribution is 5.94. The normalized spacial score (nSPS) is 19.4. The van der Waals surface area contributed by atoms with E-state index in [0.717, 1.165) is 0 Å². The quantitative estimate of drug-likeness (QED) is 0.221. The Hall–Kier alpha value is -3.39. The number of ether oxygens (including phenoxy) is 1. The summed E-state index contributed by atoms with van der Waals surface area (Å²) in [4.78, 5) is 69.2. The minimum absolute atomic E-state index is 0.0275. The second kappa shape index (κ2) is 16.5. The lowest BCUT2D eigenvalue weighted by molar-refractivity contribution is -0.190. The molecule has 288 valence electrons. The molecular weight excluding hydrogens is 656 g/mol. The van der Waals surface area contributed by atoms with E-state index in [2.05, 4.69) is 0 Å². The van der Waals surface area contributed by atoms with E-state index in [1.54, 1.807) is 85.6 Å². The van der Waals surface area contributed by atoms with E-state index in [-0.39, 0.29) is 45.1 Å². The van der Waals surface area contributed by atoms with Crippen LogP contribution < -0.4 is 0 Å². The van der Waals surface area contributed by atoms with Gasteiger partial charge >= 0.3 is 23.9 Å².